The molecule has 1 aliphatic heterocycles. The summed E-state index contributed by atoms with van der Waals surface area (Å²) in [5, 5.41) is 0. The second kappa shape index (κ2) is 29.5. The third-order valence-electron chi connectivity index (χ3n) is 15.1. The Bertz CT molecular complexity index is 3850. The maximum Gasteiger partial charge on any atom is 0.171 e. The quantitative estimate of drug-likeness (QED) is 0.0364. The van der Waals surface area contributed by atoms with Gasteiger partial charge < -0.3 is 0 Å². The first-order valence-electron chi connectivity index (χ1n) is 29.5. The van der Waals surface area contributed by atoms with Gasteiger partial charge in [0, 0.05) is 53.5 Å². The molecule has 0 radical (unpaired) electrons. The summed E-state index contributed by atoms with van der Waals surface area (Å²) in [4.78, 5) is 23.1. The van der Waals surface area contributed by atoms with E-state index in [9.17, 15) is 0 Å². The van der Waals surface area contributed by atoms with E-state index >= 15 is 0 Å². The van der Waals surface area contributed by atoms with Crippen molar-refractivity contribution in [3.05, 3.63) is 109 Å². The Morgan fingerprint density at radius 2 is 0.387 bits per heavy atom. The number of pyridine rings is 3. The fourth-order valence-electron chi connectivity index (χ4n) is 11.9. The number of nitrogens with two attached hydrogens (primary N) is 6. The van der Waals surface area contributed by atoms with Gasteiger partial charge in [-0.2, -0.15) is 0 Å². The van der Waals surface area contributed by atoms with Gasteiger partial charge in [-0.15, -0.1) is 0 Å². The van der Waals surface area contributed by atoms with E-state index in [4.69, 9.17) is 71.7 Å². The van der Waals surface area contributed by atoms with Crippen LogP contribution < -0.4 is 47.7 Å². The molecule has 0 saturated heterocycles. The van der Waals surface area contributed by atoms with Crippen LogP contribution in [0, 0.1) is 0 Å². The van der Waals surface area contributed by atoms with Gasteiger partial charge in [-0.05, 0) is 242 Å². The van der Waals surface area contributed by atoms with Gasteiger partial charge in [-0.25, -0.2) is 43.4 Å². The van der Waals surface area contributed by atoms with Gasteiger partial charge in [0.15, 0.2) is 45.0 Å². The Kier molecular flexibility index (Phi) is 23.9. The maximum atomic E-state index is 6.55. The molecule has 0 spiro atoms. The molecule has 0 unspecified atom stereocenters. The molecule has 0 atom stereocenters. The van der Waals surface area contributed by atoms with Crippen LogP contribution in [0.2, 0.25) is 0 Å². The van der Waals surface area contributed by atoms with Crippen molar-refractivity contribution < 1.29 is 0 Å². The summed E-state index contributed by atoms with van der Waals surface area (Å²) in [7, 11) is 32.6. The van der Waals surface area contributed by atoms with Crippen molar-refractivity contribution in [1.82, 2.24) is 71.0 Å². The number of nitrogens with zero attached hydrogens (tertiary/aromatic N) is 24. The fraction of sp³-hybridized carbons (Fsp3) is 0.421. The van der Waals surface area contributed by atoms with Crippen LogP contribution in [0.4, 0.5) is 86.1 Å². The van der Waals surface area contributed by atoms with Crippen LogP contribution in [0.15, 0.2) is 138 Å². The normalized spacial score (nSPS) is 13.9. The Morgan fingerprint density at radius 3 is 0.559 bits per heavy atom. The van der Waals surface area contributed by atoms with Gasteiger partial charge >= 0.3 is 0 Å². The SMILES string of the molecule is CN(C)P(=Nc1ccc(N2c3cc(N=P(N)(N)N)cc(n3)N(c3ccc(N=P(N)(N)N)cc3)c3cc(N=P(N(C)C)(N(C)C)N(C)C)cc(n3)N(c3ccc(N=P(N(C)C)(N(C)C)N(C)C)cc3)c3cc(N=P(N(C)C)(N(C)C)N(C)C)cc2n3)cc1)(N(C)C)N(C)C. The second-order valence-electron chi connectivity index (χ2n) is 24.7. The second-order valence-corrected chi connectivity index (χ2v) is 42.9. The molecule has 3 aromatic heterocycles. The molecular formula is C57H102N30P6. The molecule has 36 heteroatoms. The molecule has 3 aromatic carbocycles. The molecular weight excluding hydrogens is 1290 g/mol. The molecule has 0 aliphatic carbocycles. The van der Waals surface area contributed by atoms with E-state index in [1.807, 2.05) is 130 Å². The summed E-state index contributed by atoms with van der Waals surface area (Å²) >= 11 is 0. The van der Waals surface area contributed by atoms with E-state index in [2.05, 4.69) is 200 Å². The summed E-state index contributed by atoms with van der Waals surface area (Å²) in [6.45, 7) is 0. The van der Waals surface area contributed by atoms with Crippen molar-refractivity contribution >= 4 is 131 Å². The highest BCUT2D eigenvalue weighted by Crippen LogP contribution is 2.61. The zero-order valence-electron chi connectivity index (χ0n) is 58.8. The van der Waals surface area contributed by atoms with E-state index in [0.717, 1.165) is 11.4 Å². The average molecular weight is 1390 g/mol. The number of fused-ring (bicyclic) bond motifs is 6. The number of anilines is 9. The largest absolute Gasteiger partial charge is 0.279 e. The Morgan fingerprint density at radius 1 is 0.237 bits per heavy atom. The summed E-state index contributed by atoms with van der Waals surface area (Å²) in [5.74, 6) is 2.42. The maximum absolute atomic E-state index is 6.55. The molecule has 1 aliphatic rings. The number of hydrogen-bond acceptors (Lipinski definition) is 12. The fourth-order valence-corrected chi connectivity index (χ4v) is 25.4. The van der Waals surface area contributed by atoms with Crippen molar-refractivity contribution in [1.29, 1.82) is 0 Å². The predicted octanol–water partition coefficient (Wildman–Crippen LogP) is 12.6. The highest BCUT2D eigenvalue weighted by Gasteiger charge is 2.35. The van der Waals surface area contributed by atoms with E-state index in [1.165, 1.54) is 0 Å². The van der Waals surface area contributed by atoms with Crippen molar-refractivity contribution in [2.75, 3.05) is 184 Å². The highest BCUT2D eigenvalue weighted by molar-refractivity contribution is 7.60. The number of aromatic nitrogens is 3. The summed E-state index contributed by atoms with van der Waals surface area (Å²) in [6.07, 6.45) is 0. The van der Waals surface area contributed by atoms with E-state index < -0.39 is 45.0 Å². The van der Waals surface area contributed by atoms with Crippen LogP contribution >= 0.6 is 45.0 Å². The standard InChI is InChI=1S/C57H102N30P6/c1-73(2)90(74(3)4,75(5)6)69-44-27-33-50(34-28-44)86-53-38-46(68-89(61,62)63)37-52(64-53)85(49-31-25-43(26-32-49)67-88(58,59)60)54-39-47(71-92(79(13)14,80(15)16)81(17)18)41-56(65-54)87(51-35-29-45(30-36-51)70-91(76(7)8,77(9)10)78(11)12)57-42-48(40-55(86)66-57)72-93(82(19)20,83(21)22)84(23)24/h25-42H,58-63H2,1-24H3. The van der Waals surface area contributed by atoms with E-state index in [1.54, 1.807) is 24.3 Å². The molecule has 0 saturated carbocycles. The number of benzene rings is 3. The first kappa shape index (κ1) is 75.5. The van der Waals surface area contributed by atoms with Crippen LogP contribution in [-0.2, 0) is 0 Å². The molecule has 93 heavy (non-hydrogen) atoms. The molecule has 30 nitrogen and oxygen atoms in total. The minimum atomic E-state index is -3.40. The Balaban J connectivity index is 1.81. The average Bonchev–Trinajstić information content (AvgIpc) is 0.757. The number of rotatable bonds is 21. The lowest BCUT2D eigenvalue weighted by molar-refractivity contribution is 0.474. The van der Waals surface area contributed by atoms with Crippen LogP contribution in [0.3, 0.4) is 0 Å². The third-order valence-corrected chi connectivity index (χ3v) is 31.1. The summed E-state index contributed by atoms with van der Waals surface area (Å²) in [5.41, 5.74) is 43.6. The van der Waals surface area contributed by atoms with Gasteiger partial charge in [-0.1, -0.05) is 0 Å². The van der Waals surface area contributed by atoms with E-state index in [0.29, 0.717) is 74.7 Å². The summed E-state index contributed by atoms with van der Waals surface area (Å²) in [6, 6.07) is 35.1. The summed E-state index contributed by atoms with van der Waals surface area (Å²) < 4.78 is 58.1. The lowest BCUT2D eigenvalue weighted by Crippen LogP contribution is -2.30. The van der Waals surface area contributed by atoms with Crippen molar-refractivity contribution in [3.63, 3.8) is 0 Å². The number of hydrogen-bond donors (Lipinski definition) is 6. The molecule has 6 aromatic rings. The van der Waals surface area contributed by atoms with Crippen LogP contribution in [-0.4, -0.2) is 240 Å². The lowest BCUT2D eigenvalue weighted by Gasteiger charge is -2.41. The monoisotopic (exact) mass is 1390 g/mol. The first-order chi connectivity index (χ1) is 43.1. The molecule has 6 bridgehead atoms. The third kappa shape index (κ3) is 15.9. The van der Waals surface area contributed by atoms with Gasteiger partial charge in [0.25, 0.3) is 0 Å². The Hall–Kier alpha value is -4.83. The topological polar surface area (TPSA) is 318 Å². The minimum Gasteiger partial charge on any atom is -0.279 e. The molecule has 0 fully saturated rings. The predicted molar refractivity (Wildman–Crippen MR) is 401 cm³/mol. The molecule has 510 valence electrons. The molecule has 12 N–H and O–H groups in total. The van der Waals surface area contributed by atoms with Crippen LogP contribution in [0.5, 0.6) is 0 Å². The first-order valence-corrected chi connectivity index (χ1v) is 39.8. The molecule has 0 amide bonds. The molecule has 4 heterocycles. The van der Waals surface area contributed by atoms with E-state index in [-0.39, 0.29) is 0 Å². The smallest absolute Gasteiger partial charge is 0.171 e. The van der Waals surface area contributed by atoms with Crippen LogP contribution in [0.1, 0.15) is 0 Å². The highest BCUT2D eigenvalue weighted by atomic mass is 31.2. The van der Waals surface area contributed by atoms with Gasteiger partial charge in [0.2, 0.25) is 0 Å². The van der Waals surface area contributed by atoms with Crippen LogP contribution in [0.25, 0.3) is 0 Å². The van der Waals surface area contributed by atoms with Gasteiger partial charge in [-0.3, -0.25) is 104 Å². The lowest BCUT2D eigenvalue weighted by atomic mass is 10.2. The zero-order chi connectivity index (χ0) is 69.4. The van der Waals surface area contributed by atoms with Crippen molar-refractivity contribution in [2.24, 2.45) is 61.5 Å². The van der Waals surface area contributed by atoms with Crippen molar-refractivity contribution in [2.45, 2.75) is 0 Å². The minimum absolute atomic E-state index is 0.330. The zero-order valence-corrected chi connectivity index (χ0v) is 64.1. The van der Waals surface area contributed by atoms with Gasteiger partial charge in [0.05, 0.1) is 34.1 Å². The van der Waals surface area contributed by atoms with Gasteiger partial charge in [0.1, 0.15) is 34.9 Å². The Labute approximate surface area is 554 Å². The van der Waals surface area contributed by atoms with Crippen molar-refractivity contribution in [3.8, 4) is 0 Å². The molecule has 7 rings (SSSR count).